The third kappa shape index (κ3) is 5.10. The second-order valence-corrected chi connectivity index (χ2v) is 8.36. The largest absolute Gasteiger partial charge is 0.335 e. The van der Waals surface area contributed by atoms with Gasteiger partial charge in [0, 0.05) is 15.4 Å². The number of hydrogen-bond acceptors (Lipinski definition) is 5. The molecule has 1 atom stereocenters. The van der Waals surface area contributed by atoms with E-state index >= 15 is 0 Å². The van der Waals surface area contributed by atoms with Gasteiger partial charge < -0.3 is 5.32 Å². The van der Waals surface area contributed by atoms with Crippen LogP contribution in [0, 0.1) is 0 Å². The van der Waals surface area contributed by atoms with Crippen LogP contribution in [0.15, 0.2) is 93.2 Å². The Balaban J connectivity index is 1.70. The van der Waals surface area contributed by atoms with Crippen LogP contribution in [0.2, 0.25) is 0 Å². The van der Waals surface area contributed by atoms with Crippen molar-refractivity contribution in [3.63, 3.8) is 0 Å². The summed E-state index contributed by atoms with van der Waals surface area (Å²) < 4.78 is 0.878. The first-order valence-electron chi connectivity index (χ1n) is 10.4. The van der Waals surface area contributed by atoms with Crippen LogP contribution in [0.25, 0.3) is 10.8 Å². The average Bonchev–Trinajstić information content (AvgIpc) is 2.87. The molecule has 170 valence electrons. The van der Waals surface area contributed by atoms with Crippen molar-refractivity contribution >= 4 is 44.2 Å². The first-order chi connectivity index (χ1) is 16.4. The molecule has 0 saturated carbocycles. The molecule has 8 nitrogen and oxygen atoms in total. The second-order valence-electron chi connectivity index (χ2n) is 7.44. The summed E-state index contributed by atoms with van der Waals surface area (Å²) in [6.45, 7) is 1.76. The monoisotopic (exact) mass is 517 g/mol. The molecule has 3 aromatic carbocycles. The Morgan fingerprint density at radius 1 is 0.941 bits per heavy atom. The summed E-state index contributed by atoms with van der Waals surface area (Å²) in [5.74, 6) is -1.08. The lowest BCUT2D eigenvalue weighted by Crippen LogP contribution is -2.40. The molecule has 1 unspecified atom stereocenters. The third-order valence-corrected chi connectivity index (χ3v) is 5.64. The Kier molecular flexibility index (Phi) is 6.93. The lowest BCUT2D eigenvalue weighted by Gasteiger charge is -2.18. The Morgan fingerprint density at radius 2 is 1.62 bits per heavy atom. The van der Waals surface area contributed by atoms with Gasteiger partial charge in [0.05, 0.1) is 11.1 Å². The van der Waals surface area contributed by atoms with E-state index in [4.69, 9.17) is 0 Å². The predicted octanol–water partition coefficient (Wildman–Crippen LogP) is 3.70. The van der Waals surface area contributed by atoms with Gasteiger partial charge in [-0.25, -0.2) is 10.5 Å². The van der Waals surface area contributed by atoms with E-state index in [1.54, 1.807) is 61.5 Å². The standard InChI is InChI=1S/C25H20BrN5O3/c1-15(17-10-7-11-18(26)14-17)28-31-25(34)22(27-23(32)16-8-3-2-4-9-16)21-19-12-5-6-13-20(19)24(33)30-29-21/h2-14,22H,1H3,(H,27,32)(H,30,33)(H,31,34)/b28-15-. The summed E-state index contributed by atoms with van der Waals surface area (Å²) >= 11 is 3.42. The number of nitrogens with one attached hydrogen (secondary N) is 3. The van der Waals surface area contributed by atoms with E-state index in [0.717, 1.165) is 10.0 Å². The number of benzene rings is 3. The SMILES string of the molecule is C/C(=N/NC(=O)C(NC(=O)c1ccccc1)c1n[nH]c(=O)c2ccccc12)c1cccc(Br)c1. The molecule has 0 aliphatic rings. The molecule has 0 bridgehead atoms. The fourth-order valence-corrected chi connectivity index (χ4v) is 3.80. The lowest BCUT2D eigenvalue weighted by molar-refractivity contribution is -0.123. The maximum atomic E-state index is 13.3. The molecule has 4 rings (SSSR count). The first-order valence-corrected chi connectivity index (χ1v) is 11.2. The van der Waals surface area contributed by atoms with E-state index in [9.17, 15) is 14.4 Å². The van der Waals surface area contributed by atoms with Gasteiger partial charge in [-0.05, 0) is 42.8 Å². The van der Waals surface area contributed by atoms with E-state index in [1.165, 1.54) is 0 Å². The van der Waals surface area contributed by atoms with Gasteiger partial charge in [-0.3, -0.25) is 14.4 Å². The number of hydrazone groups is 1. The van der Waals surface area contributed by atoms with Crippen LogP contribution in [-0.2, 0) is 4.79 Å². The molecule has 0 radical (unpaired) electrons. The Labute approximate surface area is 203 Å². The number of rotatable bonds is 6. The average molecular weight is 518 g/mol. The minimum atomic E-state index is -1.21. The lowest BCUT2D eigenvalue weighted by atomic mass is 10.0. The van der Waals surface area contributed by atoms with Gasteiger partial charge in [-0.15, -0.1) is 0 Å². The fourth-order valence-electron chi connectivity index (χ4n) is 3.40. The van der Waals surface area contributed by atoms with Crippen LogP contribution in [-0.4, -0.2) is 27.7 Å². The number of carbonyl (C=O) groups is 2. The van der Waals surface area contributed by atoms with E-state index in [0.29, 0.717) is 22.0 Å². The molecular formula is C25H20BrN5O3. The quantitative estimate of drug-likeness (QED) is 0.267. The maximum absolute atomic E-state index is 13.3. The maximum Gasteiger partial charge on any atom is 0.272 e. The molecule has 4 aromatic rings. The van der Waals surface area contributed by atoms with Crippen LogP contribution in [0.3, 0.4) is 0 Å². The fraction of sp³-hybridized carbons (Fsp3) is 0.0800. The molecule has 0 fully saturated rings. The van der Waals surface area contributed by atoms with Crippen molar-refractivity contribution < 1.29 is 9.59 Å². The van der Waals surface area contributed by atoms with Crippen molar-refractivity contribution in [2.45, 2.75) is 13.0 Å². The van der Waals surface area contributed by atoms with E-state index in [1.807, 2.05) is 24.3 Å². The van der Waals surface area contributed by atoms with Gasteiger partial charge in [0.25, 0.3) is 17.4 Å². The van der Waals surface area contributed by atoms with E-state index in [-0.39, 0.29) is 5.69 Å². The normalized spacial score (nSPS) is 12.2. The zero-order chi connectivity index (χ0) is 24.1. The van der Waals surface area contributed by atoms with Crippen LogP contribution in [0.1, 0.15) is 34.6 Å². The number of halogens is 1. The van der Waals surface area contributed by atoms with Gasteiger partial charge in [0.15, 0.2) is 6.04 Å². The number of nitrogens with zero attached hydrogens (tertiary/aromatic N) is 2. The molecule has 0 aliphatic heterocycles. The summed E-state index contributed by atoms with van der Waals surface area (Å²) in [6.07, 6.45) is 0. The summed E-state index contributed by atoms with van der Waals surface area (Å²) in [4.78, 5) is 38.4. The van der Waals surface area contributed by atoms with E-state index in [2.05, 4.69) is 42.0 Å². The number of H-pyrrole nitrogens is 1. The van der Waals surface area contributed by atoms with Crippen molar-refractivity contribution in [2.75, 3.05) is 0 Å². The van der Waals surface area contributed by atoms with Gasteiger partial charge in [-0.2, -0.15) is 10.2 Å². The van der Waals surface area contributed by atoms with Crippen molar-refractivity contribution in [3.8, 4) is 0 Å². The van der Waals surface area contributed by atoms with E-state index < -0.39 is 23.4 Å². The molecule has 2 amide bonds. The van der Waals surface area contributed by atoms with Crippen LogP contribution >= 0.6 is 15.9 Å². The highest BCUT2D eigenvalue weighted by atomic mass is 79.9. The Bertz CT molecular complexity index is 1450. The smallest absolute Gasteiger partial charge is 0.272 e. The molecule has 9 heteroatoms. The first kappa shape index (κ1) is 23.1. The minimum absolute atomic E-state index is 0.201. The number of aromatic nitrogens is 2. The topological polar surface area (TPSA) is 116 Å². The summed E-state index contributed by atoms with van der Waals surface area (Å²) in [5.41, 5.74) is 4.09. The molecule has 1 heterocycles. The second kappa shape index (κ2) is 10.2. The highest BCUT2D eigenvalue weighted by molar-refractivity contribution is 9.10. The van der Waals surface area contributed by atoms with Gasteiger partial charge >= 0.3 is 0 Å². The van der Waals surface area contributed by atoms with Crippen molar-refractivity contribution in [3.05, 3.63) is 111 Å². The minimum Gasteiger partial charge on any atom is -0.335 e. The zero-order valence-corrected chi connectivity index (χ0v) is 19.7. The summed E-state index contributed by atoms with van der Waals surface area (Å²) in [5, 5.41) is 14.2. The molecule has 3 N–H and O–H groups in total. The molecule has 0 saturated heterocycles. The molecule has 0 spiro atoms. The number of carbonyl (C=O) groups excluding carboxylic acids is 2. The Hall–Kier alpha value is -4.11. The van der Waals surface area contributed by atoms with Gasteiger partial charge in [0.1, 0.15) is 5.69 Å². The number of amides is 2. The van der Waals surface area contributed by atoms with Crippen molar-refractivity contribution in [1.82, 2.24) is 20.9 Å². The molecule has 0 aliphatic carbocycles. The van der Waals surface area contributed by atoms with Crippen LogP contribution in [0.4, 0.5) is 0 Å². The number of aromatic amines is 1. The third-order valence-electron chi connectivity index (χ3n) is 5.15. The molecule has 1 aromatic heterocycles. The Morgan fingerprint density at radius 3 is 2.35 bits per heavy atom. The zero-order valence-electron chi connectivity index (χ0n) is 18.1. The van der Waals surface area contributed by atoms with Crippen LogP contribution < -0.4 is 16.3 Å². The highest BCUT2D eigenvalue weighted by Gasteiger charge is 2.27. The predicted molar refractivity (Wildman–Crippen MR) is 134 cm³/mol. The van der Waals surface area contributed by atoms with Gasteiger partial charge in [-0.1, -0.05) is 64.5 Å². The molecular weight excluding hydrogens is 498 g/mol. The van der Waals surface area contributed by atoms with Crippen molar-refractivity contribution in [2.24, 2.45) is 5.10 Å². The summed E-state index contributed by atoms with van der Waals surface area (Å²) in [7, 11) is 0. The van der Waals surface area contributed by atoms with Crippen LogP contribution in [0.5, 0.6) is 0 Å². The van der Waals surface area contributed by atoms with Gasteiger partial charge in [0.2, 0.25) is 0 Å². The highest BCUT2D eigenvalue weighted by Crippen LogP contribution is 2.20. The number of fused-ring (bicyclic) bond motifs is 1. The number of hydrogen-bond donors (Lipinski definition) is 3. The summed E-state index contributed by atoms with van der Waals surface area (Å²) in [6, 6.07) is 21.5. The molecule has 34 heavy (non-hydrogen) atoms. The van der Waals surface area contributed by atoms with Crippen molar-refractivity contribution in [1.29, 1.82) is 0 Å².